The molecule has 7 nitrogen and oxygen atoms in total. The first-order valence-corrected chi connectivity index (χ1v) is 8.73. The van der Waals surface area contributed by atoms with Gasteiger partial charge in [0.05, 0.1) is 7.11 Å². The number of furan rings is 1. The van der Waals surface area contributed by atoms with Crippen molar-refractivity contribution >= 4 is 28.4 Å². The van der Waals surface area contributed by atoms with Crippen molar-refractivity contribution in [3.8, 4) is 0 Å². The Morgan fingerprint density at radius 3 is 2.65 bits per heavy atom. The van der Waals surface area contributed by atoms with Crippen LogP contribution in [0.1, 0.15) is 34.7 Å². The van der Waals surface area contributed by atoms with Crippen LogP contribution in [0.25, 0.3) is 0 Å². The molecule has 1 unspecified atom stereocenters. The van der Waals surface area contributed by atoms with Crippen LogP contribution in [0.5, 0.6) is 0 Å². The number of carbonyl (C=O) groups is 1. The summed E-state index contributed by atoms with van der Waals surface area (Å²) in [4.78, 5) is 11.7. The molecule has 1 aromatic rings. The summed E-state index contributed by atoms with van der Waals surface area (Å²) in [5.41, 5.74) is -0.0324. The SMILES string of the molecule is COC(=O)c1c(C)oc(C)c1S(=O)(=O)NCCC1CCNC1.Cl. The van der Waals surface area contributed by atoms with Crippen LogP contribution in [0.3, 0.4) is 0 Å². The summed E-state index contributed by atoms with van der Waals surface area (Å²) in [6.45, 7) is 5.29. The lowest BCUT2D eigenvalue weighted by Crippen LogP contribution is -2.28. The second-order valence-electron chi connectivity index (χ2n) is 5.46. The van der Waals surface area contributed by atoms with E-state index in [1.807, 2.05) is 0 Å². The van der Waals surface area contributed by atoms with E-state index in [2.05, 4.69) is 14.8 Å². The van der Waals surface area contributed by atoms with Crippen molar-refractivity contribution in [3.63, 3.8) is 0 Å². The summed E-state index contributed by atoms with van der Waals surface area (Å²) in [6.07, 6.45) is 1.81. The molecule has 9 heteroatoms. The van der Waals surface area contributed by atoms with E-state index in [-0.39, 0.29) is 34.4 Å². The molecule has 132 valence electrons. The Morgan fingerprint density at radius 2 is 2.09 bits per heavy atom. The van der Waals surface area contributed by atoms with Crippen LogP contribution in [0, 0.1) is 19.8 Å². The summed E-state index contributed by atoms with van der Waals surface area (Å²) >= 11 is 0. The zero-order chi connectivity index (χ0) is 16.3. The van der Waals surface area contributed by atoms with E-state index in [0.717, 1.165) is 25.9 Å². The molecule has 2 N–H and O–H groups in total. The minimum atomic E-state index is -3.81. The van der Waals surface area contributed by atoms with Gasteiger partial charge in [-0.1, -0.05) is 0 Å². The standard InChI is InChI=1S/C14H22N2O5S.ClH/c1-9-12(14(17)20-3)13(10(2)21-9)22(18,19)16-7-5-11-4-6-15-8-11;/h11,15-16H,4-8H2,1-3H3;1H. The van der Waals surface area contributed by atoms with Crippen molar-refractivity contribution in [2.45, 2.75) is 31.6 Å². The molecule has 0 radical (unpaired) electrons. The molecule has 1 aliphatic rings. The summed E-state index contributed by atoms with van der Waals surface area (Å²) in [7, 11) is -2.60. The Bertz CT molecular complexity index is 650. The minimum Gasteiger partial charge on any atom is -0.465 e. The number of hydrogen-bond acceptors (Lipinski definition) is 6. The molecular formula is C14H23ClN2O5S. The predicted octanol–water partition coefficient (Wildman–Crippen LogP) is 1.38. The van der Waals surface area contributed by atoms with Crippen molar-refractivity contribution in [1.82, 2.24) is 10.0 Å². The molecule has 2 heterocycles. The fourth-order valence-corrected chi connectivity index (χ4v) is 4.20. The van der Waals surface area contributed by atoms with Crippen LogP contribution >= 0.6 is 12.4 Å². The molecule has 0 aliphatic carbocycles. The van der Waals surface area contributed by atoms with Crippen LogP contribution in [0.15, 0.2) is 9.31 Å². The van der Waals surface area contributed by atoms with E-state index >= 15 is 0 Å². The number of aryl methyl sites for hydroxylation is 2. The lowest BCUT2D eigenvalue weighted by Gasteiger charge is -2.10. The number of rotatable bonds is 6. The largest absolute Gasteiger partial charge is 0.465 e. The summed E-state index contributed by atoms with van der Waals surface area (Å²) in [6, 6.07) is 0. The van der Waals surface area contributed by atoms with Gasteiger partial charge in [-0.25, -0.2) is 17.9 Å². The highest BCUT2D eigenvalue weighted by molar-refractivity contribution is 7.89. The number of nitrogens with one attached hydrogen (secondary N) is 2. The number of sulfonamides is 1. The maximum atomic E-state index is 12.5. The third kappa shape index (κ3) is 4.47. The van der Waals surface area contributed by atoms with Gasteiger partial charge in [0.15, 0.2) is 0 Å². The Balaban J connectivity index is 0.00000264. The van der Waals surface area contributed by atoms with Crippen molar-refractivity contribution in [3.05, 3.63) is 17.1 Å². The van der Waals surface area contributed by atoms with Gasteiger partial charge in [0, 0.05) is 6.54 Å². The smallest absolute Gasteiger partial charge is 0.342 e. The van der Waals surface area contributed by atoms with Crippen LogP contribution in [0.4, 0.5) is 0 Å². The summed E-state index contributed by atoms with van der Waals surface area (Å²) in [5, 5.41) is 3.24. The van der Waals surface area contributed by atoms with Crippen LogP contribution in [0.2, 0.25) is 0 Å². The Labute approximate surface area is 142 Å². The van der Waals surface area contributed by atoms with Gasteiger partial charge in [0.2, 0.25) is 10.0 Å². The second-order valence-corrected chi connectivity index (χ2v) is 7.16. The number of hydrogen-bond donors (Lipinski definition) is 2. The van der Waals surface area contributed by atoms with Crippen molar-refractivity contribution in [2.24, 2.45) is 5.92 Å². The van der Waals surface area contributed by atoms with Crippen molar-refractivity contribution in [1.29, 1.82) is 0 Å². The predicted molar refractivity (Wildman–Crippen MR) is 87.6 cm³/mol. The average molecular weight is 367 g/mol. The molecule has 1 aromatic heterocycles. The zero-order valence-corrected chi connectivity index (χ0v) is 15.1. The van der Waals surface area contributed by atoms with E-state index in [4.69, 9.17) is 4.42 Å². The van der Waals surface area contributed by atoms with E-state index in [1.54, 1.807) is 6.92 Å². The first kappa shape index (κ1) is 20.0. The molecule has 1 atom stereocenters. The molecule has 1 saturated heterocycles. The van der Waals surface area contributed by atoms with Crippen LogP contribution in [-0.4, -0.2) is 41.1 Å². The van der Waals surface area contributed by atoms with Gasteiger partial charge in [-0.2, -0.15) is 0 Å². The molecule has 1 aliphatic heterocycles. The van der Waals surface area contributed by atoms with Gasteiger partial charge in [-0.05, 0) is 45.7 Å². The van der Waals surface area contributed by atoms with Gasteiger partial charge >= 0.3 is 5.97 Å². The number of ether oxygens (including phenoxy) is 1. The molecule has 0 saturated carbocycles. The Morgan fingerprint density at radius 1 is 1.39 bits per heavy atom. The van der Waals surface area contributed by atoms with Gasteiger partial charge in [0.1, 0.15) is 22.0 Å². The average Bonchev–Trinajstić information content (AvgIpc) is 3.05. The first-order chi connectivity index (χ1) is 10.4. The quantitative estimate of drug-likeness (QED) is 0.738. The van der Waals surface area contributed by atoms with Crippen molar-refractivity contribution in [2.75, 3.05) is 26.7 Å². The fraction of sp³-hybridized carbons (Fsp3) is 0.643. The van der Waals surface area contributed by atoms with E-state index < -0.39 is 16.0 Å². The third-order valence-electron chi connectivity index (χ3n) is 3.87. The first-order valence-electron chi connectivity index (χ1n) is 7.25. The lowest BCUT2D eigenvalue weighted by atomic mass is 10.1. The molecule has 0 aromatic carbocycles. The van der Waals surface area contributed by atoms with Gasteiger partial charge in [0.25, 0.3) is 0 Å². The Hall–Kier alpha value is -1.09. The van der Waals surface area contributed by atoms with E-state index in [0.29, 0.717) is 12.5 Å². The molecule has 2 rings (SSSR count). The monoisotopic (exact) mass is 366 g/mol. The van der Waals surface area contributed by atoms with Crippen LogP contribution in [-0.2, 0) is 14.8 Å². The number of carbonyl (C=O) groups excluding carboxylic acids is 1. The summed E-state index contributed by atoms with van der Waals surface area (Å²) < 4.78 is 37.5. The normalized spacial score (nSPS) is 17.8. The molecule has 0 amide bonds. The second kappa shape index (κ2) is 8.14. The number of methoxy groups -OCH3 is 1. The Kier molecular flexibility index (Phi) is 7.06. The highest BCUT2D eigenvalue weighted by Gasteiger charge is 2.31. The van der Waals surface area contributed by atoms with Crippen molar-refractivity contribution < 1.29 is 22.4 Å². The summed E-state index contributed by atoms with van der Waals surface area (Å²) in [5.74, 6) is 0.197. The van der Waals surface area contributed by atoms with E-state index in [1.165, 1.54) is 14.0 Å². The molecular weight excluding hydrogens is 344 g/mol. The molecule has 0 bridgehead atoms. The highest BCUT2D eigenvalue weighted by atomic mass is 35.5. The molecule has 1 fully saturated rings. The lowest BCUT2D eigenvalue weighted by molar-refractivity contribution is 0.0595. The minimum absolute atomic E-state index is 0. The van der Waals surface area contributed by atoms with Crippen LogP contribution < -0.4 is 10.0 Å². The number of esters is 1. The molecule has 23 heavy (non-hydrogen) atoms. The van der Waals surface area contributed by atoms with Gasteiger partial charge < -0.3 is 14.5 Å². The fourth-order valence-electron chi connectivity index (χ4n) is 2.76. The topological polar surface area (TPSA) is 97.6 Å². The number of halogens is 1. The third-order valence-corrected chi connectivity index (χ3v) is 5.48. The zero-order valence-electron chi connectivity index (χ0n) is 13.5. The van der Waals surface area contributed by atoms with E-state index in [9.17, 15) is 13.2 Å². The molecule has 0 spiro atoms. The maximum Gasteiger partial charge on any atom is 0.342 e. The maximum absolute atomic E-state index is 12.5. The highest BCUT2D eigenvalue weighted by Crippen LogP contribution is 2.27. The van der Waals surface area contributed by atoms with Gasteiger partial charge in [-0.3, -0.25) is 0 Å². The van der Waals surface area contributed by atoms with Gasteiger partial charge in [-0.15, -0.1) is 12.4 Å².